The smallest absolute Gasteiger partial charge is 0.260 e. The largest absolute Gasteiger partial charge is 0.352 e. The van der Waals surface area contributed by atoms with Crippen LogP contribution in [0.15, 0.2) is 41.2 Å². The van der Waals surface area contributed by atoms with E-state index in [9.17, 15) is 14.4 Å². The first-order valence-electron chi connectivity index (χ1n) is 7.52. The molecule has 24 heavy (non-hydrogen) atoms. The molecule has 1 atom stereocenters. The molecule has 0 bridgehead atoms. The normalized spacial score (nSPS) is 17.5. The van der Waals surface area contributed by atoms with Crippen LogP contribution in [0.4, 0.5) is 0 Å². The SMILES string of the molecule is Cc1ccc(C(=O)N2CCNC(=O)[C@H]2c2ccccc2Cl)c(=O)[nH]1. The molecule has 6 nitrogen and oxygen atoms in total. The molecule has 2 heterocycles. The summed E-state index contributed by atoms with van der Waals surface area (Å²) in [5.74, 6) is -0.803. The van der Waals surface area contributed by atoms with Crippen LogP contribution in [0.5, 0.6) is 0 Å². The number of rotatable bonds is 2. The van der Waals surface area contributed by atoms with Crippen LogP contribution in [-0.2, 0) is 4.79 Å². The van der Waals surface area contributed by atoms with E-state index >= 15 is 0 Å². The number of hydrogen-bond donors (Lipinski definition) is 2. The number of aromatic nitrogens is 1. The number of aryl methyl sites for hydroxylation is 1. The van der Waals surface area contributed by atoms with Gasteiger partial charge in [0.05, 0.1) is 0 Å². The molecule has 1 fully saturated rings. The average Bonchev–Trinajstić information content (AvgIpc) is 2.55. The van der Waals surface area contributed by atoms with Crippen molar-refractivity contribution in [3.63, 3.8) is 0 Å². The molecule has 1 aliphatic heterocycles. The van der Waals surface area contributed by atoms with Crippen molar-refractivity contribution >= 4 is 23.4 Å². The fourth-order valence-corrected chi connectivity index (χ4v) is 3.03. The lowest BCUT2D eigenvalue weighted by atomic mass is 10.0. The van der Waals surface area contributed by atoms with Crippen molar-refractivity contribution in [3.8, 4) is 0 Å². The van der Waals surface area contributed by atoms with Gasteiger partial charge in [0.1, 0.15) is 11.6 Å². The van der Waals surface area contributed by atoms with Gasteiger partial charge in [-0.3, -0.25) is 14.4 Å². The van der Waals surface area contributed by atoms with Gasteiger partial charge in [0.25, 0.3) is 11.5 Å². The van der Waals surface area contributed by atoms with Crippen molar-refractivity contribution in [1.82, 2.24) is 15.2 Å². The highest BCUT2D eigenvalue weighted by Crippen LogP contribution is 2.30. The Morgan fingerprint density at radius 2 is 1.96 bits per heavy atom. The van der Waals surface area contributed by atoms with Crippen LogP contribution >= 0.6 is 11.6 Å². The van der Waals surface area contributed by atoms with Crippen molar-refractivity contribution in [1.29, 1.82) is 0 Å². The maximum Gasteiger partial charge on any atom is 0.260 e. The predicted molar refractivity (Wildman–Crippen MR) is 90.0 cm³/mol. The summed E-state index contributed by atoms with van der Waals surface area (Å²) in [5, 5.41) is 3.14. The molecule has 2 amide bonds. The first-order chi connectivity index (χ1) is 11.5. The van der Waals surface area contributed by atoms with Crippen LogP contribution in [0.2, 0.25) is 5.02 Å². The van der Waals surface area contributed by atoms with Crippen molar-refractivity contribution in [3.05, 3.63) is 68.6 Å². The summed E-state index contributed by atoms with van der Waals surface area (Å²) >= 11 is 6.21. The molecule has 0 spiro atoms. The molecule has 124 valence electrons. The zero-order valence-electron chi connectivity index (χ0n) is 13.0. The van der Waals surface area contributed by atoms with Gasteiger partial charge in [-0.25, -0.2) is 0 Å². The standard InChI is InChI=1S/C17H16ClN3O3/c1-10-6-7-12(15(22)20-10)17(24)21-9-8-19-16(23)14(21)11-4-2-3-5-13(11)18/h2-7,14H,8-9H2,1H3,(H,19,23)(H,20,22)/t14-/m1/s1. The first kappa shape index (κ1) is 16.3. The molecule has 1 aromatic heterocycles. The van der Waals surface area contributed by atoms with Crippen molar-refractivity contribution < 1.29 is 9.59 Å². The molecule has 0 aliphatic carbocycles. The highest BCUT2D eigenvalue weighted by atomic mass is 35.5. The summed E-state index contributed by atoms with van der Waals surface area (Å²) in [6, 6.07) is 9.15. The fraction of sp³-hybridized carbons (Fsp3) is 0.235. The quantitative estimate of drug-likeness (QED) is 0.868. The molecule has 2 aromatic rings. The summed E-state index contributed by atoms with van der Waals surface area (Å²) in [7, 11) is 0. The number of benzene rings is 1. The topological polar surface area (TPSA) is 82.3 Å². The number of amides is 2. The molecule has 1 aromatic carbocycles. The van der Waals surface area contributed by atoms with Crippen molar-refractivity contribution in [2.24, 2.45) is 0 Å². The molecule has 7 heteroatoms. The molecule has 3 rings (SSSR count). The van der Waals surface area contributed by atoms with Crippen LogP contribution in [-0.4, -0.2) is 34.8 Å². The van der Waals surface area contributed by atoms with E-state index in [0.29, 0.717) is 29.4 Å². The lowest BCUT2D eigenvalue weighted by molar-refractivity contribution is -0.128. The Hall–Kier alpha value is -2.60. The minimum absolute atomic E-state index is 0.00681. The third-order valence-electron chi connectivity index (χ3n) is 3.96. The second kappa shape index (κ2) is 6.49. The lowest BCUT2D eigenvalue weighted by Gasteiger charge is -2.35. The number of hydrogen-bond acceptors (Lipinski definition) is 3. The zero-order valence-corrected chi connectivity index (χ0v) is 13.8. The molecule has 0 radical (unpaired) electrons. The van der Waals surface area contributed by atoms with Gasteiger partial charge in [0.15, 0.2) is 0 Å². The van der Waals surface area contributed by atoms with E-state index in [0.717, 1.165) is 0 Å². The van der Waals surface area contributed by atoms with Gasteiger partial charge in [0, 0.05) is 29.4 Å². The maximum absolute atomic E-state index is 12.9. The summed E-state index contributed by atoms with van der Waals surface area (Å²) in [5.41, 5.74) is 0.736. The van der Waals surface area contributed by atoms with Gasteiger partial charge in [0.2, 0.25) is 5.91 Å². The van der Waals surface area contributed by atoms with Gasteiger partial charge in [-0.15, -0.1) is 0 Å². The summed E-state index contributed by atoms with van der Waals surface area (Å²) < 4.78 is 0. The molecule has 1 saturated heterocycles. The van der Waals surface area contributed by atoms with Crippen LogP contribution in [0.1, 0.15) is 27.7 Å². The van der Waals surface area contributed by atoms with E-state index < -0.39 is 17.5 Å². The minimum Gasteiger partial charge on any atom is -0.352 e. The van der Waals surface area contributed by atoms with E-state index in [2.05, 4.69) is 10.3 Å². The number of halogens is 1. The van der Waals surface area contributed by atoms with Gasteiger partial charge in [-0.05, 0) is 25.1 Å². The van der Waals surface area contributed by atoms with Crippen LogP contribution in [0, 0.1) is 6.92 Å². The Kier molecular flexibility index (Phi) is 4.40. The van der Waals surface area contributed by atoms with E-state index in [1.54, 1.807) is 37.3 Å². The third kappa shape index (κ3) is 2.92. The van der Waals surface area contributed by atoms with Gasteiger partial charge < -0.3 is 15.2 Å². The summed E-state index contributed by atoms with van der Waals surface area (Å²) in [6.45, 7) is 2.36. The van der Waals surface area contributed by atoms with Crippen LogP contribution in [0.3, 0.4) is 0 Å². The Balaban J connectivity index is 2.03. The van der Waals surface area contributed by atoms with E-state index in [1.165, 1.54) is 11.0 Å². The number of pyridine rings is 1. The number of nitrogens with one attached hydrogen (secondary N) is 2. The number of carbonyl (C=O) groups excluding carboxylic acids is 2. The second-order valence-electron chi connectivity index (χ2n) is 5.60. The predicted octanol–water partition coefficient (Wildman–Crippen LogP) is 1.65. The zero-order chi connectivity index (χ0) is 17.3. The number of H-pyrrole nitrogens is 1. The summed E-state index contributed by atoms with van der Waals surface area (Å²) in [6.07, 6.45) is 0. The van der Waals surface area contributed by atoms with Gasteiger partial charge >= 0.3 is 0 Å². The lowest BCUT2D eigenvalue weighted by Crippen LogP contribution is -2.53. The Labute approximate surface area is 143 Å². The Bertz CT molecular complexity index is 862. The second-order valence-corrected chi connectivity index (χ2v) is 6.00. The van der Waals surface area contributed by atoms with Crippen LogP contribution < -0.4 is 10.9 Å². The first-order valence-corrected chi connectivity index (χ1v) is 7.90. The van der Waals surface area contributed by atoms with Gasteiger partial charge in [-0.2, -0.15) is 0 Å². The minimum atomic E-state index is -0.861. The number of piperazine rings is 1. The van der Waals surface area contributed by atoms with Gasteiger partial charge in [-0.1, -0.05) is 29.8 Å². The molecule has 0 unspecified atom stereocenters. The molecular weight excluding hydrogens is 330 g/mol. The maximum atomic E-state index is 12.9. The van der Waals surface area contributed by atoms with E-state index in [4.69, 9.17) is 11.6 Å². The number of nitrogens with zero attached hydrogens (tertiary/aromatic N) is 1. The number of aromatic amines is 1. The highest BCUT2D eigenvalue weighted by molar-refractivity contribution is 6.31. The summed E-state index contributed by atoms with van der Waals surface area (Å²) in [4.78, 5) is 41.3. The number of carbonyl (C=O) groups is 2. The third-order valence-corrected chi connectivity index (χ3v) is 4.30. The monoisotopic (exact) mass is 345 g/mol. The molecular formula is C17H16ClN3O3. The van der Waals surface area contributed by atoms with Crippen molar-refractivity contribution in [2.75, 3.05) is 13.1 Å². The molecule has 1 aliphatic rings. The average molecular weight is 346 g/mol. The van der Waals surface area contributed by atoms with E-state index in [-0.39, 0.29) is 11.5 Å². The van der Waals surface area contributed by atoms with Crippen molar-refractivity contribution in [2.45, 2.75) is 13.0 Å². The molecule has 2 N–H and O–H groups in total. The van der Waals surface area contributed by atoms with Crippen LogP contribution in [0.25, 0.3) is 0 Å². The molecule has 0 saturated carbocycles. The fourth-order valence-electron chi connectivity index (χ4n) is 2.79. The highest BCUT2D eigenvalue weighted by Gasteiger charge is 2.36. The van der Waals surface area contributed by atoms with E-state index in [1.807, 2.05) is 0 Å². The Morgan fingerprint density at radius 3 is 2.67 bits per heavy atom. The Morgan fingerprint density at radius 1 is 1.21 bits per heavy atom.